The van der Waals surface area contributed by atoms with Gasteiger partial charge in [-0.2, -0.15) is 0 Å². The lowest BCUT2D eigenvalue weighted by molar-refractivity contribution is 0.108. The van der Waals surface area contributed by atoms with Gasteiger partial charge < -0.3 is 9.72 Å². The van der Waals surface area contributed by atoms with E-state index >= 15 is 0 Å². The summed E-state index contributed by atoms with van der Waals surface area (Å²) in [7, 11) is 1.44. The highest BCUT2D eigenvalue weighted by atomic mass is 16.5. The predicted octanol–water partition coefficient (Wildman–Crippen LogP) is 4.19. The number of hydrogen-bond acceptors (Lipinski definition) is 2. The third-order valence-electron chi connectivity index (χ3n) is 4.84. The number of hydrogen-bond donors (Lipinski definition) is 1. The topological polar surface area (TPSA) is 45.3 Å². The van der Waals surface area contributed by atoms with Gasteiger partial charge in [-0.15, -0.1) is 0 Å². The molecule has 2 aromatic carbocycles. The Morgan fingerprint density at radius 1 is 1.17 bits per heavy atom. The lowest BCUT2D eigenvalue weighted by Gasteiger charge is -2.35. The quantitative estimate of drug-likeness (QED) is 0.731. The Balaban J connectivity index is 1.90. The fourth-order valence-electron chi connectivity index (χ4n) is 3.65. The molecule has 4 heteroatoms. The molecule has 0 saturated heterocycles. The number of nitrogens with zero attached hydrogens (tertiary/aromatic N) is 1. The van der Waals surface area contributed by atoms with Gasteiger partial charge in [0.05, 0.1) is 7.11 Å². The van der Waals surface area contributed by atoms with Crippen LogP contribution in [-0.2, 0) is 11.2 Å². The highest BCUT2D eigenvalue weighted by Crippen LogP contribution is 2.38. The van der Waals surface area contributed by atoms with Crippen molar-refractivity contribution < 1.29 is 9.53 Å². The smallest absolute Gasteiger partial charge is 0.410 e. The van der Waals surface area contributed by atoms with Crippen molar-refractivity contribution in [3.8, 4) is 0 Å². The van der Waals surface area contributed by atoms with Crippen molar-refractivity contribution in [3.05, 3.63) is 70.9 Å². The Morgan fingerprint density at radius 2 is 1.92 bits per heavy atom. The standard InChI is InChI=1S/C20H20N2O2/c1-13-7-9-14(10-8-13)19-18-16(11-12-22(19)20(23)24-2)15-5-3-4-6-17(15)21-18/h3-10,19,21H,11-12H2,1-2H3. The molecule has 1 unspecified atom stereocenters. The third-order valence-corrected chi connectivity index (χ3v) is 4.84. The van der Waals surface area contributed by atoms with Crippen LogP contribution in [0.5, 0.6) is 0 Å². The second kappa shape index (κ2) is 5.71. The molecule has 1 atom stereocenters. The van der Waals surface area contributed by atoms with E-state index in [1.807, 2.05) is 11.0 Å². The molecule has 1 N–H and O–H groups in total. The van der Waals surface area contributed by atoms with Crippen LogP contribution in [0.15, 0.2) is 48.5 Å². The molecule has 0 fully saturated rings. The number of benzene rings is 2. The zero-order chi connectivity index (χ0) is 16.7. The van der Waals surface area contributed by atoms with E-state index in [0.717, 1.165) is 23.2 Å². The average molecular weight is 320 g/mol. The van der Waals surface area contributed by atoms with Crippen LogP contribution >= 0.6 is 0 Å². The van der Waals surface area contributed by atoms with Crippen LogP contribution in [0.1, 0.15) is 28.4 Å². The number of methoxy groups -OCH3 is 1. The van der Waals surface area contributed by atoms with Crippen molar-refractivity contribution in [2.75, 3.05) is 13.7 Å². The second-order valence-corrected chi connectivity index (χ2v) is 6.29. The van der Waals surface area contributed by atoms with E-state index in [1.165, 1.54) is 23.6 Å². The predicted molar refractivity (Wildman–Crippen MR) is 94.1 cm³/mol. The fraction of sp³-hybridized carbons (Fsp3) is 0.250. The molecular formula is C20H20N2O2. The first kappa shape index (κ1) is 14.8. The number of amides is 1. The minimum absolute atomic E-state index is 0.144. The molecule has 122 valence electrons. The van der Waals surface area contributed by atoms with Gasteiger partial charge in [0.15, 0.2) is 0 Å². The Morgan fingerprint density at radius 3 is 2.67 bits per heavy atom. The van der Waals surface area contributed by atoms with Gasteiger partial charge >= 0.3 is 6.09 Å². The SMILES string of the molecule is COC(=O)N1CCc2c([nH]c3ccccc23)C1c1ccc(C)cc1. The maximum atomic E-state index is 12.3. The first-order chi connectivity index (χ1) is 11.7. The summed E-state index contributed by atoms with van der Waals surface area (Å²) in [6.45, 7) is 2.72. The molecule has 0 spiro atoms. The largest absolute Gasteiger partial charge is 0.453 e. The molecule has 0 saturated carbocycles. The molecule has 24 heavy (non-hydrogen) atoms. The molecule has 1 aliphatic rings. The van der Waals surface area contributed by atoms with Gasteiger partial charge in [-0.25, -0.2) is 4.79 Å². The molecule has 4 nitrogen and oxygen atoms in total. The van der Waals surface area contributed by atoms with Gasteiger partial charge in [-0.1, -0.05) is 48.0 Å². The van der Waals surface area contributed by atoms with Crippen LogP contribution in [0.25, 0.3) is 10.9 Å². The van der Waals surface area contributed by atoms with E-state index in [0.29, 0.717) is 6.54 Å². The van der Waals surface area contributed by atoms with E-state index in [-0.39, 0.29) is 12.1 Å². The van der Waals surface area contributed by atoms with E-state index in [9.17, 15) is 4.79 Å². The van der Waals surface area contributed by atoms with E-state index < -0.39 is 0 Å². The molecule has 3 aromatic rings. The summed E-state index contributed by atoms with van der Waals surface area (Å²) in [6, 6.07) is 16.5. The molecule has 2 heterocycles. The number of carbonyl (C=O) groups is 1. The Kier molecular flexibility index (Phi) is 3.53. The molecule has 1 aliphatic heterocycles. The number of aromatic nitrogens is 1. The number of H-pyrrole nitrogens is 1. The highest BCUT2D eigenvalue weighted by molar-refractivity contribution is 5.86. The van der Waals surface area contributed by atoms with E-state index in [4.69, 9.17) is 4.74 Å². The minimum atomic E-state index is -0.287. The van der Waals surface area contributed by atoms with Gasteiger partial charge in [-0.3, -0.25) is 4.90 Å². The van der Waals surface area contributed by atoms with Crippen LogP contribution in [0, 0.1) is 6.92 Å². The Labute approximate surface area is 141 Å². The fourth-order valence-corrected chi connectivity index (χ4v) is 3.65. The zero-order valence-electron chi connectivity index (χ0n) is 13.9. The molecule has 0 aliphatic carbocycles. The number of carbonyl (C=O) groups excluding carboxylic acids is 1. The monoisotopic (exact) mass is 320 g/mol. The average Bonchev–Trinajstić information content (AvgIpc) is 3.00. The lowest BCUT2D eigenvalue weighted by atomic mass is 9.92. The number of rotatable bonds is 1. The summed E-state index contributed by atoms with van der Waals surface area (Å²) in [5, 5.41) is 1.24. The van der Waals surface area contributed by atoms with Crippen molar-refractivity contribution in [2.45, 2.75) is 19.4 Å². The number of para-hydroxylation sites is 1. The number of fused-ring (bicyclic) bond motifs is 3. The first-order valence-corrected chi connectivity index (χ1v) is 8.19. The normalized spacial score (nSPS) is 16.9. The van der Waals surface area contributed by atoms with Crippen LogP contribution in [-0.4, -0.2) is 29.6 Å². The van der Waals surface area contributed by atoms with Crippen molar-refractivity contribution in [1.82, 2.24) is 9.88 Å². The van der Waals surface area contributed by atoms with Gasteiger partial charge in [0.1, 0.15) is 6.04 Å². The lowest BCUT2D eigenvalue weighted by Crippen LogP contribution is -2.40. The van der Waals surface area contributed by atoms with Crippen molar-refractivity contribution >= 4 is 17.0 Å². The van der Waals surface area contributed by atoms with Crippen LogP contribution < -0.4 is 0 Å². The van der Waals surface area contributed by atoms with Gasteiger partial charge in [-0.05, 0) is 30.5 Å². The number of nitrogens with one attached hydrogen (secondary N) is 1. The molecular weight excluding hydrogens is 300 g/mol. The number of aryl methyl sites for hydroxylation is 1. The third kappa shape index (κ3) is 2.26. The van der Waals surface area contributed by atoms with E-state index in [2.05, 4.69) is 54.4 Å². The van der Waals surface area contributed by atoms with Crippen molar-refractivity contribution in [2.24, 2.45) is 0 Å². The van der Waals surface area contributed by atoms with Gasteiger partial charge in [0.2, 0.25) is 0 Å². The summed E-state index contributed by atoms with van der Waals surface area (Å²) in [5.41, 5.74) is 5.81. The van der Waals surface area contributed by atoms with Crippen LogP contribution in [0.3, 0.4) is 0 Å². The number of ether oxygens (including phenoxy) is 1. The molecule has 0 bridgehead atoms. The summed E-state index contributed by atoms with van der Waals surface area (Å²) < 4.78 is 5.03. The summed E-state index contributed by atoms with van der Waals surface area (Å²) in [4.78, 5) is 17.7. The van der Waals surface area contributed by atoms with Gasteiger partial charge in [0, 0.05) is 23.1 Å². The van der Waals surface area contributed by atoms with Crippen molar-refractivity contribution in [3.63, 3.8) is 0 Å². The molecule has 1 amide bonds. The highest BCUT2D eigenvalue weighted by Gasteiger charge is 2.34. The molecule has 0 radical (unpaired) electrons. The van der Waals surface area contributed by atoms with Crippen molar-refractivity contribution in [1.29, 1.82) is 0 Å². The summed E-state index contributed by atoms with van der Waals surface area (Å²) in [5.74, 6) is 0. The second-order valence-electron chi connectivity index (χ2n) is 6.29. The van der Waals surface area contributed by atoms with Crippen LogP contribution in [0.4, 0.5) is 4.79 Å². The minimum Gasteiger partial charge on any atom is -0.453 e. The van der Waals surface area contributed by atoms with E-state index in [1.54, 1.807) is 0 Å². The van der Waals surface area contributed by atoms with Gasteiger partial charge in [0.25, 0.3) is 0 Å². The summed E-state index contributed by atoms with van der Waals surface area (Å²) in [6.07, 6.45) is 0.543. The number of aromatic amines is 1. The maximum Gasteiger partial charge on any atom is 0.410 e. The maximum absolute atomic E-state index is 12.3. The molecule has 1 aromatic heterocycles. The first-order valence-electron chi connectivity index (χ1n) is 8.19. The molecule has 4 rings (SSSR count). The van der Waals surface area contributed by atoms with Crippen LogP contribution in [0.2, 0.25) is 0 Å². The Bertz CT molecular complexity index is 896. The summed E-state index contributed by atoms with van der Waals surface area (Å²) >= 11 is 0. The Hall–Kier alpha value is -2.75. The zero-order valence-corrected chi connectivity index (χ0v) is 13.9.